The summed E-state index contributed by atoms with van der Waals surface area (Å²) in [7, 11) is 2.24. The largest absolute Gasteiger partial charge is 0.465 e. The molecule has 1 aromatic carbocycles. The van der Waals surface area contributed by atoms with Gasteiger partial charge >= 0.3 is 18.1 Å². The molecule has 0 radical (unpaired) electrons. The highest BCUT2D eigenvalue weighted by Crippen LogP contribution is 2.28. The lowest BCUT2D eigenvalue weighted by Gasteiger charge is -2.13. The van der Waals surface area contributed by atoms with Crippen LogP contribution in [0.2, 0.25) is 0 Å². The smallest absolute Gasteiger partial charge is 0.417 e. The van der Waals surface area contributed by atoms with Crippen LogP contribution in [-0.4, -0.2) is 36.6 Å². The molecule has 0 saturated heterocycles. The van der Waals surface area contributed by atoms with E-state index in [2.05, 4.69) is 14.8 Å². The molecule has 0 spiro atoms. The predicted molar refractivity (Wildman–Crippen MR) is 93.5 cm³/mol. The van der Waals surface area contributed by atoms with Crippen LogP contribution in [0.25, 0.3) is 0 Å². The van der Waals surface area contributed by atoms with Crippen LogP contribution in [-0.2, 0) is 27.0 Å². The van der Waals surface area contributed by atoms with Crippen molar-refractivity contribution >= 4 is 23.5 Å². The third-order valence-electron chi connectivity index (χ3n) is 3.74. The summed E-state index contributed by atoms with van der Waals surface area (Å²) in [5, 5.41) is 2.29. The van der Waals surface area contributed by atoms with Gasteiger partial charge in [-0.3, -0.25) is 9.59 Å². The molecule has 11 heteroatoms. The first kappa shape index (κ1) is 21.7. The summed E-state index contributed by atoms with van der Waals surface area (Å²) >= 11 is 0. The van der Waals surface area contributed by atoms with Crippen molar-refractivity contribution in [1.29, 1.82) is 0 Å². The van der Waals surface area contributed by atoms with Crippen molar-refractivity contribution in [2.45, 2.75) is 12.7 Å². The number of amides is 1. The zero-order valence-corrected chi connectivity index (χ0v) is 15.2. The van der Waals surface area contributed by atoms with E-state index in [9.17, 15) is 32.3 Å². The number of nitrogens with zero attached hydrogens (tertiary/aromatic N) is 1. The van der Waals surface area contributed by atoms with Crippen LogP contribution in [0.3, 0.4) is 0 Å². The van der Waals surface area contributed by atoms with Crippen LogP contribution in [0.1, 0.15) is 26.3 Å². The molecular formula is C18H15F3N2O6. The Kier molecular flexibility index (Phi) is 6.42. The van der Waals surface area contributed by atoms with Gasteiger partial charge in [-0.2, -0.15) is 13.2 Å². The van der Waals surface area contributed by atoms with Gasteiger partial charge < -0.3 is 19.4 Å². The van der Waals surface area contributed by atoms with E-state index in [-0.39, 0.29) is 16.8 Å². The fourth-order valence-electron chi connectivity index (χ4n) is 2.35. The van der Waals surface area contributed by atoms with Crippen LogP contribution >= 0.6 is 0 Å². The summed E-state index contributed by atoms with van der Waals surface area (Å²) in [5.41, 5.74) is -2.17. The highest BCUT2D eigenvalue weighted by atomic mass is 19.4. The second-order valence-corrected chi connectivity index (χ2v) is 5.67. The Morgan fingerprint density at radius 2 is 1.69 bits per heavy atom. The number of carbonyl (C=O) groups excluding carboxylic acids is 3. The minimum Gasteiger partial charge on any atom is -0.465 e. The maximum Gasteiger partial charge on any atom is 0.417 e. The summed E-state index contributed by atoms with van der Waals surface area (Å²) in [4.78, 5) is 47.6. The standard InChI is InChI=1S/C18H15F3N2O6/c1-28-16(26)10-3-5-12(17(27)29-2)13(7-10)22-14(24)9-23-8-11(18(19,20)21)4-6-15(23)25/h3-8H,9H2,1-2H3,(H,22,24). The van der Waals surface area contributed by atoms with Crippen molar-refractivity contribution in [1.82, 2.24) is 4.57 Å². The summed E-state index contributed by atoms with van der Waals surface area (Å²) in [6.07, 6.45) is -4.19. The fourth-order valence-corrected chi connectivity index (χ4v) is 2.35. The van der Waals surface area contributed by atoms with E-state index in [0.29, 0.717) is 22.9 Å². The Balaban J connectivity index is 2.34. The van der Waals surface area contributed by atoms with Gasteiger partial charge in [-0.05, 0) is 24.3 Å². The second kappa shape index (κ2) is 8.59. The number of alkyl halides is 3. The Hall–Kier alpha value is -3.63. The Labute approximate surface area is 161 Å². The minimum atomic E-state index is -4.70. The van der Waals surface area contributed by atoms with Crippen LogP contribution in [0, 0.1) is 0 Å². The molecule has 0 aliphatic heterocycles. The molecule has 2 aromatic rings. The predicted octanol–water partition coefficient (Wildman–Crippen LogP) is 2.08. The number of methoxy groups -OCH3 is 2. The van der Waals surface area contributed by atoms with E-state index in [4.69, 9.17) is 0 Å². The van der Waals surface area contributed by atoms with E-state index in [0.717, 1.165) is 20.3 Å². The van der Waals surface area contributed by atoms with Gasteiger partial charge in [-0.15, -0.1) is 0 Å². The zero-order chi connectivity index (χ0) is 21.8. The fraction of sp³-hybridized carbons (Fsp3) is 0.222. The van der Waals surface area contributed by atoms with Crippen molar-refractivity contribution in [3.8, 4) is 0 Å². The first-order valence-corrected chi connectivity index (χ1v) is 7.95. The number of halogens is 3. The minimum absolute atomic E-state index is 0.00619. The quantitative estimate of drug-likeness (QED) is 0.755. The van der Waals surface area contributed by atoms with Crippen LogP contribution in [0.4, 0.5) is 18.9 Å². The van der Waals surface area contributed by atoms with E-state index < -0.39 is 41.7 Å². The number of anilines is 1. The van der Waals surface area contributed by atoms with Crippen molar-refractivity contribution < 1.29 is 37.0 Å². The molecule has 1 amide bonds. The average Bonchev–Trinajstić information content (AvgIpc) is 2.67. The SMILES string of the molecule is COC(=O)c1ccc(C(=O)OC)c(NC(=O)Cn2cc(C(F)(F)F)ccc2=O)c1. The molecule has 1 heterocycles. The summed E-state index contributed by atoms with van der Waals surface area (Å²) < 4.78 is 48.1. The summed E-state index contributed by atoms with van der Waals surface area (Å²) in [6.45, 7) is -0.758. The zero-order valence-electron chi connectivity index (χ0n) is 15.2. The number of nitrogens with one attached hydrogen (secondary N) is 1. The van der Waals surface area contributed by atoms with Crippen LogP contribution < -0.4 is 10.9 Å². The Morgan fingerprint density at radius 1 is 1.03 bits per heavy atom. The number of rotatable bonds is 5. The molecule has 0 atom stereocenters. The number of carbonyl (C=O) groups is 3. The van der Waals surface area contributed by atoms with Gasteiger partial charge in [0.05, 0.1) is 36.6 Å². The van der Waals surface area contributed by atoms with Crippen molar-refractivity contribution in [3.05, 3.63) is 63.6 Å². The van der Waals surface area contributed by atoms with Gasteiger partial charge in [-0.25, -0.2) is 9.59 Å². The number of benzene rings is 1. The van der Waals surface area contributed by atoms with E-state index >= 15 is 0 Å². The van der Waals surface area contributed by atoms with Crippen molar-refractivity contribution in [2.75, 3.05) is 19.5 Å². The molecule has 29 heavy (non-hydrogen) atoms. The molecule has 0 fully saturated rings. The van der Waals surface area contributed by atoms with E-state index in [1.165, 1.54) is 12.1 Å². The second-order valence-electron chi connectivity index (χ2n) is 5.67. The average molecular weight is 412 g/mol. The Bertz CT molecular complexity index is 1010. The molecule has 8 nitrogen and oxygen atoms in total. The monoisotopic (exact) mass is 412 g/mol. The van der Waals surface area contributed by atoms with Gasteiger partial charge in [0.2, 0.25) is 5.91 Å². The molecular weight excluding hydrogens is 397 g/mol. The number of ether oxygens (including phenoxy) is 2. The first-order valence-electron chi connectivity index (χ1n) is 7.95. The molecule has 0 saturated carbocycles. The maximum absolute atomic E-state index is 12.8. The summed E-state index contributed by atoms with van der Waals surface area (Å²) in [6, 6.07) is 4.92. The van der Waals surface area contributed by atoms with E-state index in [1.54, 1.807) is 0 Å². The molecule has 0 aliphatic carbocycles. The molecule has 0 bridgehead atoms. The van der Waals surface area contributed by atoms with E-state index in [1.807, 2.05) is 0 Å². The topological polar surface area (TPSA) is 104 Å². The first-order chi connectivity index (χ1) is 13.6. The highest BCUT2D eigenvalue weighted by molar-refractivity contribution is 6.03. The third kappa shape index (κ3) is 5.21. The molecule has 2 rings (SSSR count). The molecule has 1 N–H and O–H groups in total. The maximum atomic E-state index is 12.8. The third-order valence-corrected chi connectivity index (χ3v) is 3.74. The van der Waals surface area contributed by atoms with Crippen molar-refractivity contribution in [3.63, 3.8) is 0 Å². The lowest BCUT2D eigenvalue weighted by molar-refractivity contribution is -0.138. The van der Waals surface area contributed by atoms with Gasteiger partial charge in [0, 0.05) is 12.3 Å². The number of esters is 2. The number of pyridine rings is 1. The van der Waals surface area contributed by atoms with Gasteiger partial charge in [0.1, 0.15) is 6.54 Å². The molecule has 0 unspecified atom stereocenters. The van der Waals surface area contributed by atoms with Gasteiger partial charge in [0.15, 0.2) is 0 Å². The van der Waals surface area contributed by atoms with Crippen LogP contribution in [0.15, 0.2) is 41.3 Å². The number of hydrogen-bond acceptors (Lipinski definition) is 6. The van der Waals surface area contributed by atoms with Gasteiger partial charge in [0.25, 0.3) is 5.56 Å². The molecule has 154 valence electrons. The summed E-state index contributed by atoms with van der Waals surface area (Å²) in [5.74, 6) is -2.47. The van der Waals surface area contributed by atoms with Crippen molar-refractivity contribution in [2.24, 2.45) is 0 Å². The van der Waals surface area contributed by atoms with Crippen LogP contribution in [0.5, 0.6) is 0 Å². The number of hydrogen-bond donors (Lipinski definition) is 1. The lowest BCUT2D eigenvalue weighted by Crippen LogP contribution is -2.28. The van der Waals surface area contributed by atoms with Gasteiger partial charge in [-0.1, -0.05) is 0 Å². The number of aromatic nitrogens is 1. The Morgan fingerprint density at radius 3 is 2.28 bits per heavy atom. The molecule has 0 aliphatic rings. The molecule has 1 aromatic heterocycles. The highest BCUT2D eigenvalue weighted by Gasteiger charge is 2.31. The normalized spacial score (nSPS) is 10.9. The lowest BCUT2D eigenvalue weighted by atomic mass is 10.1.